The van der Waals surface area contributed by atoms with Crippen molar-refractivity contribution in [2.75, 3.05) is 19.0 Å². The zero-order valence-corrected chi connectivity index (χ0v) is 14.3. The van der Waals surface area contributed by atoms with E-state index in [0.717, 1.165) is 5.56 Å². The molecule has 4 heteroatoms. The van der Waals surface area contributed by atoms with Gasteiger partial charge in [0.05, 0.1) is 19.3 Å². The van der Waals surface area contributed by atoms with Gasteiger partial charge in [-0.05, 0) is 43.9 Å². The van der Waals surface area contributed by atoms with Crippen LogP contribution < -0.4 is 15.4 Å². The number of ether oxygens (including phenoxy) is 1. The van der Waals surface area contributed by atoms with Crippen LogP contribution in [-0.2, 0) is 10.2 Å². The van der Waals surface area contributed by atoms with Crippen LogP contribution in [0.3, 0.4) is 0 Å². The van der Waals surface area contributed by atoms with Crippen molar-refractivity contribution in [1.82, 2.24) is 5.32 Å². The van der Waals surface area contributed by atoms with Crippen LogP contribution in [0.4, 0.5) is 5.69 Å². The van der Waals surface area contributed by atoms with E-state index in [4.69, 9.17) is 4.74 Å². The summed E-state index contributed by atoms with van der Waals surface area (Å²) in [5, 5.41) is 6.09. The molecule has 0 atom stereocenters. The van der Waals surface area contributed by atoms with Crippen molar-refractivity contribution in [3.05, 3.63) is 23.8 Å². The Bertz CT molecular complexity index is 496. The number of benzene rings is 1. The van der Waals surface area contributed by atoms with E-state index in [2.05, 4.69) is 31.4 Å². The SMILES string of the molecule is COc1ccc(C(C)(C)C)cc1NC(=O)CNC(C)(C)C. The molecule has 1 aromatic carbocycles. The molecule has 0 spiro atoms. The van der Waals surface area contributed by atoms with Gasteiger partial charge in [0.1, 0.15) is 5.75 Å². The molecule has 0 aromatic heterocycles. The molecule has 0 aliphatic heterocycles. The molecule has 2 N–H and O–H groups in total. The fourth-order valence-corrected chi connectivity index (χ4v) is 1.81. The van der Waals surface area contributed by atoms with Gasteiger partial charge in [-0.2, -0.15) is 0 Å². The molecule has 4 nitrogen and oxygen atoms in total. The maximum absolute atomic E-state index is 12.1. The Hall–Kier alpha value is -1.55. The van der Waals surface area contributed by atoms with Crippen LogP contribution in [0.1, 0.15) is 47.1 Å². The summed E-state index contributed by atoms with van der Waals surface area (Å²) in [5.41, 5.74) is 1.80. The van der Waals surface area contributed by atoms with Crippen molar-refractivity contribution >= 4 is 11.6 Å². The molecule has 0 bridgehead atoms. The van der Waals surface area contributed by atoms with Gasteiger partial charge in [-0.1, -0.05) is 26.8 Å². The highest BCUT2D eigenvalue weighted by Crippen LogP contribution is 2.31. The lowest BCUT2D eigenvalue weighted by atomic mass is 9.87. The van der Waals surface area contributed by atoms with Gasteiger partial charge in [0.2, 0.25) is 5.91 Å². The van der Waals surface area contributed by atoms with Gasteiger partial charge >= 0.3 is 0 Å². The Morgan fingerprint density at radius 3 is 2.24 bits per heavy atom. The van der Waals surface area contributed by atoms with Crippen LogP contribution in [-0.4, -0.2) is 25.1 Å². The van der Waals surface area contributed by atoms with E-state index in [1.54, 1.807) is 7.11 Å². The summed E-state index contributed by atoms with van der Waals surface area (Å²) in [7, 11) is 1.61. The largest absolute Gasteiger partial charge is 0.495 e. The van der Waals surface area contributed by atoms with Gasteiger partial charge in [0.25, 0.3) is 0 Å². The second-order valence-corrected chi connectivity index (χ2v) is 7.32. The predicted molar refractivity (Wildman–Crippen MR) is 88.1 cm³/mol. The van der Waals surface area contributed by atoms with Crippen molar-refractivity contribution < 1.29 is 9.53 Å². The van der Waals surface area contributed by atoms with Crippen LogP contribution in [0.25, 0.3) is 0 Å². The first-order chi connectivity index (χ1) is 9.53. The Labute approximate surface area is 128 Å². The molecule has 0 fully saturated rings. The van der Waals surface area contributed by atoms with Gasteiger partial charge < -0.3 is 15.4 Å². The standard InChI is InChI=1S/C17H28N2O2/c1-16(2,3)12-8-9-14(21-7)13(10-12)19-15(20)11-18-17(4,5)6/h8-10,18H,11H2,1-7H3,(H,19,20). The van der Waals surface area contributed by atoms with Crippen LogP contribution >= 0.6 is 0 Å². The highest BCUT2D eigenvalue weighted by atomic mass is 16.5. The first-order valence-corrected chi connectivity index (χ1v) is 7.26. The van der Waals surface area contributed by atoms with Crippen LogP contribution in [0, 0.1) is 0 Å². The fraction of sp³-hybridized carbons (Fsp3) is 0.588. The number of amides is 1. The lowest BCUT2D eigenvalue weighted by molar-refractivity contribution is -0.115. The topological polar surface area (TPSA) is 50.4 Å². The minimum absolute atomic E-state index is 0.0232. The van der Waals surface area contributed by atoms with E-state index >= 15 is 0 Å². The summed E-state index contributed by atoms with van der Waals surface area (Å²) in [6.07, 6.45) is 0. The third kappa shape index (κ3) is 5.76. The molecular formula is C17H28N2O2. The molecular weight excluding hydrogens is 264 g/mol. The van der Waals surface area contributed by atoms with Crippen molar-refractivity contribution in [2.45, 2.75) is 52.5 Å². The third-order valence-corrected chi connectivity index (χ3v) is 3.12. The summed E-state index contributed by atoms with van der Waals surface area (Å²) in [5.74, 6) is 0.599. The van der Waals surface area contributed by atoms with Crippen LogP contribution in [0.5, 0.6) is 5.75 Å². The zero-order chi connectivity index (χ0) is 16.3. The molecule has 0 radical (unpaired) electrons. The zero-order valence-electron chi connectivity index (χ0n) is 14.3. The van der Waals surface area contributed by atoms with Crippen LogP contribution in [0.2, 0.25) is 0 Å². The predicted octanol–water partition coefficient (Wildman–Crippen LogP) is 3.32. The maximum Gasteiger partial charge on any atom is 0.238 e. The molecule has 0 aliphatic rings. The molecule has 118 valence electrons. The summed E-state index contributed by atoms with van der Waals surface area (Å²) in [6, 6.07) is 5.91. The molecule has 1 aromatic rings. The molecule has 21 heavy (non-hydrogen) atoms. The quantitative estimate of drug-likeness (QED) is 0.895. The number of carbonyl (C=O) groups excluding carboxylic acids is 1. The molecule has 0 saturated carbocycles. The third-order valence-electron chi connectivity index (χ3n) is 3.12. The van der Waals surface area contributed by atoms with Crippen LogP contribution in [0.15, 0.2) is 18.2 Å². The second kappa shape index (κ2) is 6.48. The minimum Gasteiger partial charge on any atom is -0.495 e. The lowest BCUT2D eigenvalue weighted by Gasteiger charge is -2.22. The van der Waals surface area contributed by atoms with Gasteiger partial charge in [0.15, 0.2) is 0 Å². The summed E-state index contributed by atoms with van der Waals surface area (Å²) >= 11 is 0. The lowest BCUT2D eigenvalue weighted by Crippen LogP contribution is -2.41. The number of rotatable bonds is 4. The fourth-order valence-electron chi connectivity index (χ4n) is 1.81. The Kier molecular flexibility index (Phi) is 5.40. The number of hydrogen-bond acceptors (Lipinski definition) is 3. The van der Waals surface area contributed by atoms with E-state index in [0.29, 0.717) is 11.4 Å². The van der Waals surface area contributed by atoms with Gasteiger partial charge in [-0.25, -0.2) is 0 Å². The van der Waals surface area contributed by atoms with E-state index in [9.17, 15) is 4.79 Å². The molecule has 0 heterocycles. The first kappa shape index (κ1) is 17.5. The molecule has 0 unspecified atom stereocenters. The van der Waals surface area contributed by atoms with Crippen molar-refractivity contribution in [3.63, 3.8) is 0 Å². The Morgan fingerprint density at radius 2 is 1.76 bits per heavy atom. The van der Waals surface area contributed by atoms with Crippen molar-refractivity contribution in [1.29, 1.82) is 0 Å². The smallest absolute Gasteiger partial charge is 0.238 e. The molecule has 0 saturated heterocycles. The number of hydrogen-bond donors (Lipinski definition) is 2. The highest BCUT2D eigenvalue weighted by Gasteiger charge is 2.17. The number of anilines is 1. The van der Waals surface area contributed by atoms with E-state index in [1.165, 1.54) is 0 Å². The summed E-state index contributed by atoms with van der Waals surface area (Å²) in [6.45, 7) is 12.8. The average molecular weight is 292 g/mol. The molecule has 1 amide bonds. The molecule has 0 aliphatic carbocycles. The Morgan fingerprint density at radius 1 is 1.14 bits per heavy atom. The number of nitrogens with one attached hydrogen (secondary N) is 2. The van der Waals surface area contributed by atoms with Crippen molar-refractivity contribution in [3.8, 4) is 5.75 Å². The summed E-state index contributed by atoms with van der Waals surface area (Å²) < 4.78 is 5.32. The Balaban J connectivity index is 2.88. The number of methoxy groups -OCH3 is 1. The maximum atomic E-state index is 12.1. The van der Waals surface area contributed by atoms with Crippen molar-refractivity contribution in [2.24, 2.45) is 0 Å². The normalized spacial score (nSPS) is 12.1. The van der Waals surface area contributed by atoms with E-state index in [1.807, 2.05) is 39.0 Å². The van der Waals surface area contributed by atoms with Gasteiger partial charge in [0, 0.05) is 5.54 Å². The number of carbonyl (C=O) groups is 1. The second-order valence-electron chi connectivity index (χ2n) is 7.32. The minimum atomic E-state index is -0.0886. The van der Waals surface area contributed by atoms with E-state index < -0.39 is 0 Å². The highest BCUT2D eigenvalue weighted by molar-refractivity contribution is 5.93. The average Bonchev–Trinajstić information content (AvgIpc) is 2.34. The first-order valence-electron chi connectivity index (χ1n) is 7.26. The van der Waals surface area contributed by atoms with Gasteiger partial charge in [-0.3, -0.25) is 4.79 Å². The summed E-state index contributed by atoms with van der Waals surface area (Å²) in [4.78, 5) is 12.1. The van der Waals surface area contributed by atoms with E-state index in [-0.39, 0.29) is 23.4 Å². The molecule has 1 rings (SSSR count). The monoisotopic (exact) mass is 292 g/mol. The van der Waals surface area contributed by atoms with Gasteiger partial charge in [-0.15, -0.1) is 0 Å².